The van der Waals surface area contributed by atoms with Gasteiger partial charge in [0.1, 0.15) is 0 Å². The van der Waals surface area contributed by atoms with Crippen LogP contribution in [0.15, 0.2) is 46.6 Å². The van der Waals surface area contributed by atoms with Crippen molar-refractivity contribution < 1.29 is 0 Å². The number of rotatable bonds is 3. The van der Waals surface area contributed by atoms with Crippen LogP contribution in [0.25, 0.3) is 0 Å². The van der Waals surface area contributed by atoms with Crippen molar-refractivity contribution in [3.05, 3.63) is 46.6 Å². The molecule has 1 saturated carbocycles. The molecule has 0 nitrogen and oxygen atoms in total. The van der Waals surface area contributed by atoms with E-state index in [0.29, 0.717) is 0 Å². The molecule has 0 spiro atoms. The SMILES string of the molecule is C1=CC(CCC2=CC=C3CCCCC32)C2=C1CCCC2. The summed E-state index contributed by atoms with van der Waals surface area (Å²) < 4.78 is 0. The molecular formula is C20H26. The van der Waals surface area contributed by atoms with Gasteiger partial charge in [-0.2, -0.15) is 0 Å². The van der Waals surface area contributed by atoms with E-state index in [-0.39, 0.29) is 0 Å². The molecule has 0 saturated heterocycles. The predicted molar refractivity (Wildman–Crippen MR) is 85.5 cm³/mol. The molecule has 4 aliphatic rings. The molecule has 0 heteroatoms. The van der Waals surface area contributed by atoms with Gasteiger partial charge in [0.15, 0.2) is 0 Å². The predicted octanol–water partition coefficient (Wildman–Crippen LogP) is 5.88. The topological polar surface area (TPSA) is 0 Å². The summed E-state index contributed by atoms with van der Waals surface area (Å²) in [4.78, 5) is 0. The molecule has 2 atom stereocenters. The molecule has 106 valence electrons. The largest absolute Gasteiger partial charge is 0.0770 e. The van der Waals surface area contributed by atoms with Crippen LogP contribution in [0, 0.1) is 11.8 Å². The molecule has 20 heavy (non-hydrogen) atoms. The summed E-state index contributed by atoms with van der Waals surface area (Å²) in [5.74, 6) is 1.62. The van der Waals surface area contributed by atoms with E-state index >= 15 is 0 Å². The standard InChI is InChI=1S/C20H26/c1-3-7-19-15(5-1)9-11-17(19)13-14-18-12-10-16-6-2-4-8-20(16)18/h9-12,17,20H,1-8,13-14H2. The van der Waals surface area contributed by atoms with Gasteiger partial charge < -0.3 is 0 Å². The molecule has 0 N–H and O–H groups in total. The molecule has 4 aliphatic carbocycles. The van der Waals surface area contributed by atoms with Gasteiger partial charge in [0, 0.05) is 5.92 Å². The van der Waals surface area contributed by atoms with Crippen molar-refractivity contribution >= 4 is 0 Å². The highest BCUT2D eigenvalue weighted by Gasteiger charge is 2.27. The second-order valence-electron chi connectivity index (χ2n) is 7.04. The Hall–Kier alpha value is -1.04. The van der Waals surface area contributed by atoms with Crippen LogP contribution in [0.3, 0.4) is 0 Å². The number of allylic oxidation sites excluding steroid dienone is 8. The Morgan fingerprint density at radius 2 is 1.85 bits per heavy atom. The fourth-order valence-electron chi connectivity index (χ4n) is 4.76. The summed E-state index contributed by atoms with van der Waals surface area (Å²) in [6.45, 7) is 0. The zero-order chi connectivity index (χ0) is 13.4. The van der Waals surface area contributed by atoms with E-state index in [9.17, 15) is 0 Å². The van der Waals surface area contributed by atoms with Gasteiger partial charge in [0.25, 0.3) is 0 Å². The lowest BCUT2D eigenvalue weighted by Crippen LogP contribution is -2.11. The van der Waals surface area contributed by atoms with Gasteiger partial charge >= 0.3 is 0 Å². The lowest BCUT2D eigenvalue weighted by Gasteiger charge is -2.25. The minimum atomic E-state index is 0.777. The molecule has 0 aliphatic heterocycles. The maximum atomic E-state index is 2.50. The molecule has 0 heterocycles. The van der Waals surface area contributed by atoms with Crippen LogP contribution < -0.4 is 0 Å². The maximum absolute atomic E-state index is 2.50. The number of hydrogen-bond donors (Lipinski definition) is 0. The highest BCUT2D eigenvalue weighted by atomic mass is 14.3. The van der Waals surface area contributed by atoms with Crippen LogP contribution in [0.4, 0.5) is 0 Å². The van der Waals surface area contributed by atoms with E-state index in [1.54, 1.807) is 22.3 Å². The molecular weight excluding hydrogens is 240 g/mol. The van der Waals surface area contributed by atoms with E-state index in [1.165, 1.54) is 64.2 Å². The molecule has 4 rings (SSSR count). The average Bonchev–Trinajstić information content (AvgIpc) is 3.09. The van der Waals surface area contributed by atoms with Gasteiger partial charge in [0.2, 0.25) is 0 Å². The summed E-state index contributed by atoms with van der Waals surface area (Å²) in [6.07, 6.45) is 23.7. The van der Waals surface area contributed by atoms with Gasteiger partial charge in [-0.15, -0.1) is 0 Å². The molecule has 0 aromatic rings. The third-order valence-corrected chi connectivity index (χ3v) is 5.89. The molecule has 0 aromatic carbocycles. The molecule has 0 aromatic heterocycles. The summed E-state index contributed by atoms with van der Waals surface area (Å²) in [5.41, 5.74) is 6.98. The molecule has 0 bridgehead atoms. The second kappa shape index (κ2) is 5.39. The van der Waals surface area contributed by atoms with Gasteiger partial charge in [-0.25, -0.2) is 0 Å². The van der Waals surface area contributed by atoms with Crippen molar-refractivity contribution in [2.75, 3.05) is 0 Å². The summed E-state index contributed by atoms with van der Waals surface area (Å²) in [7, 11) is 0. The summed E-state index contributed by atoms with van der Waals surface area (Å²) >= 11 is 0. The summed E-state index contributed by atoms with van der Waals surface area (Å²) in [6, 6.07) is 0. The first-order valence-electron chi connectivity index (χ1n) is 8.71. The van der Waals surface area contributed by atoms with Crippen molar-refractivity contribution in [3.8, 4) is 0 Å². The number of hydrogen-bond acceptors (Lipinski definition) is 0. The number of fused-ring (bicyclic) bond motifs is 1. The lowest BCUT2D eigenvalue weighted by atomic mass is 9.80. The van der Waals surface area contributed by atoms with Gasteiger partial charge in [0.05, 0.1) is 0 Å². The first kappa shape index (κ1) is 12.7. The fourth-order valence-corrected chi connectivity index (χ4v) is 4.76. The van der Waals surface area contributed by atoms with Crippen molar-refractivity contribution in [2.24, 2.45) is 11.8 Å². The van der Waals surface area contributed by atoms with Crippen LogP contribution in [0.5, 0.6) is 0 Å². The first-order valence-corrected chi connectivity index (χ1v) is 8.71. The third kappa shape index (κ3) is 2.24. The van der Waals surface area contributed by atoms with Crippen molar-refractivity contribution in [3.63, 3.8) is 0 Å². The third-order valence-electron chi connectivity index (χ3n) is 5.89. The minimum absolute atomic E-state index is 0.777. The van der Waals surface area contributed by atoms with Crippen LogP contribution in [-0.2, 0) is 0 Å². The summed E-state index contributed by atoms with van der Waals surface area (Å²) in [5, 5.41) is 0. The van der Waals surface area contributed by atoms with Crippen LogP contribution >= 0.6 is 0 Å². The first-order chi connectivity index (χ1) is 9.92. The fraction of sp³-hybridized carbons (Fsp3) is 0.600. The molecule has 0 radical (unpaired) electrons. The van der Waals surface area contributed by atoms with E-state index in [4.69, 9.17) is 0 Å². The molecule has 1 fully saturated rings. The molecule has 2 unspecified atom stereocenters. The smallest absolute Gasteiger partial charge is 0.00132 e. The van der Waals surface area contributed by atoms with E-state index in [2.05, 4.69) is 24.3 Å². The monoisotopic (exact) mass is 266 g/mol. The minimum Gasteiger partial charge on any atom is -0.0770 e. The quantitative estimate of drug-likeness (QED) is 0.598. The van der Waals surface area contributed by atoms with E-state index in [0.717, 1.165) is 11.8 Å². The van der Waals surface area contributed by atoms with Crippen molar-refractivity contribution in [1.82, 2.24) is 0 Å². The van der Waals surface area contributed by atoms with Crippen molar-refractivity contribution in [1.29, 1.82) is 0 Å². The van der Waals surface area contributed by atoms with Gasteiger partial charge in [-0.1, -0.05) is 47.4 Å². The highest BCUT2D eigenvalue weighted by molar-refractivity contribution is 5.39. The Bertz CT molecular complexity index is 512. The average molecular weight is 266 g/mol. The van der Waals surface area contributed by atoms with Crippen LogP contribution in [0.1, 0.15) is 64.2 Å². The van der Waals surface area contributed by atoms with E-state index < -0.39 is 0 Å². The van der Waals surface area contributed by atoms with Gasteiger partial charge in [-0.05, 0) is 69.3 Å². The normalized spacial score (nSPS) is 32.0. The maximum Gasteiger partial charge on any atom is 0.00132 e. The Morgan fingerprint density at radius 1 is 0.950 bits per heavy atom. The van der Waals surface area contributed by atoms with E-state index in [1.807, 2.05) is 0 Å². The molecule has 0 amide bonds. The lowest BCUT2D eigenvalue weighted by molar-refractivity contribution is 0.488. The highest BCUT2D eigenvalue weighted by Crippen LogP contribution is 2.43. The van der Waals surface area contributed by atoms with Crippen LogP contribution in [0.2, 0.25) is 0 Å². The Balaban J connectivity index is 1.38. The van der Waals surface area contributed by atoms with Gasteiger partial charge in [-0.3, -0.25) is 0 Å². The zero-order valence-electron chi connectivity index (χ0n) is 12.5. The zero-order valence-corrected chi connectivity index (χ0v) is 12.5. The van der Waals surface area contributed by atoms with Crippen LogP contribution in [-0.4, -0.2) is 0 Å². The Labute approximate surface area is 123 Å². The Kier molecular flexibility index (Phi) is 3.42. The Morgan fingerprint density at radius 3 is 2.85 bits per heavy atom. The van der Waals surface area contributed by atoms with Crippen molar-refractivity contribution in [2.45, 2.75) is 64.2 Å². The second-order valence-corrected chi connectivity index (χ2v) is 7.04.